The molecule has 17 heavy (non-hydrogen) atoms. The summed E-state index contributed by atoms with van der Waals surface area (Å²) >= 11 is 0. The highest BCUT2D eigenvalue weighted by Gasteiger charge is 2.32. The summed E-state index contributed by atoms with van der Waals surface area (Å²) in [5, 5.41) is 14.8. The third kappa shape index (κ3) is 3.17. The molecule has 1 amide bonds. The van der Waals surface area contributed by atoms with E-state index in [9.17, 15) is 9.59 Å². The molecule has 1 saturated heterocycles. The highest BCUT2D eigenvalue weighted by atomic mass is 16.5. The summed E-state index contributed by atoms with van der Waals surface area (Å²) in [7, 11) is 0. The third-order valence-corrected chi connectivity index (χ3v) is 3.37. The number of carbonyl (C=O) groups excluding carboxylic acids is 1. The number of nitrogens with one attached hydrogen (secondary N) is 2. The summed E-state index contributed by atoms with van der Waals surface area (Å²) in [4.78, 5) is 22.6. The maximum Gasteiger partial charge on any atom is 0.306 e. The van der Waals surface area contributed by atoms with Crippen LogP contribution in [-0.4, -0.2) is 48.8 Å². The van der Waals surface area contributed by atoms with Crippen molar-refractivity contribution in [1.29, 1.82) is 0 Å². The number of rotatable bonds is 3. The lowest BCUT2D eigenvalue weighted by atomic mass is 10.1. The van der Waals surface area contributed by atoms with Crippen molar-refractivity contribution in [2.75, 3.05) is 19.8 Å². The van der Waals surface area contributed by atoms with Crippen LogP contribution in [0.5, 0.6) is 0 Å². The maximum absolute atomic E-state index is 11.8. The van der Waals surface area contributed by atoms with Gasteiger partial charge in [-0.25, -0.2) is 0 Å². The molecule has 1 heterocycles. The van der Waals surface area contributed by atoms with Gasteiger partial charge < -0.3 is 20.5 Å². The number of carboxylic acid groups (broad SMARTS) is 1. The van der Waals surface area contributed by atoms with Crippen LogP contribution < -0.4 is 10.6 Å². The first-order chi connectivity index (χ1) is 8.16. The predicted molar refractivity (Wildman–Crippen MR) is 59.5 cm³/mol. The Bertz CT molecular complexity index is 302. The molecule has 1 aliphatic carbocycles. The van der Waals surface area contributed by atoms with Crippen LogP contribution in [0.1, 0.15) is 19.3 Å². The zero-order chi connectivity index (χ0) is 12.3. The monoisotopic (exact) mass is 242 g/mol. The first-order valence-corrected chi connectivity index (χ1v) is 6.01. The zero-order valence-corrected chi connectivity index (χ0v) is 9.65. The molecule has 0 aromatic heterocycles. The lowest BCUT2D eigenvalue weighted by Crippen LogP contribution is -2.53. The topological polar surface area (TPSA) is 87.7 Å². The Hall–Kier alpha value is -1.14. The van der Waals surface area contributed by atoms with Gasteiger partial charge in [-0.1, -0.05) is 0 Å². The zero-order valence-electron chi connectivity index (χ0n) is 9.65. The molecule has 1 aliphatic heterocycles. The van der Waals surface area contributed by atoms with Gasteiger partial charge in [0, 0.05) is 12.6 Å². The highest BCUT2D eigenvalue weighted by Crippen LogP contribution is 2.25. The van der Waals surface area contributed by atoms with E-state index >= 15 is 0 Å². The molecule has 3 N–H and O–H groups in total. The number of morpholine rings is 1. The van der Waals surface area contributed by atoms with E-state index in [4.69, 9.17) is 9.84 Å². The quantitative estimate of drug-likeness (QED) is 0.612. The van der Waals surface area contributed by atoms with Crippen molar-refractivity contribution in [1.82, 2.24) is 10.6 Å². The number of hydrogen-bond donors (Lipinski definition) is 3. The fourth-order valence-corrected chi connectivity index (χ4v) is 2.37. The van der Waals surface area contributed by atoms with Crippen molar-refractivity contribution in [2.24, 2.45) is 5.92 Å². The van der Waals surface area contributed by atoms with Crippen LogP contribution in [0.2, 0.25) is 0 Å². The summed E-state index contributed by atoms with van der Waals surface area (Å²) in [5.74, 6) is -1.16. The van der Waals surface area contributed by atoms with Crippen LogP contribution in [-0.2, 0) is 14.3 Å². The standard InChI is InChI=1S/C11H18N2O4/c14-10(9-6-17-4-3-12-9)13-8-2-1-7(5-8)11(15)16/h7-9,12H,1-6H2,(H,13,14)(H,15,16). The first-order valence-electron chi connectivity index (χ1n) is 6.01. The van der Waals surface area contributed by atoms with Crippen molar-refractivity contribution in [3.63, 3.8) is 0 Å². The number of carbonyl (C=O) groups is 2. The molecule has 0 aromatic rings. The second-order valence-electron chi connectivity index (χ2n) is 4.64. The van der Waals surface area contributed by atoms with Gasteiger partial charge in [0.25, 0.3) is 0 Å². The van der Waals surface area contributed by atoms with Gasteiger partial charge in [0.1, 0.15) is 6.04 Å². The molecular weight excluding hydrogens is 224 g/mol. The molecule has 6 heteroatoms. The molecule has 0 radical (unpaired) electrons. The van der Waals surface area contributed by atoms with Crippen LogP contribution in [0.4, 0.5) is 0 Å². The fourth-order valence-electron chi connectivity index (χ4n) is 2.37. The van der Waals surface area contributed by atoms with Crippen molar-refractivity contribution >= 4 is 11.9 Å². The minimum Gasteiger partial charge on any atom is -0.481 e. The number of carboxylic acids is 1. The average molecular weight is 242 g/mol. The van der Waals surface area contributed by atoms with Crippen molar-refractivity contribution in [3.05, 3.63) is 0 Å². The van der Waals surface area contributed by atoms with Gasteiger partial charge in [-0.05, 0) is 19.3 Å². The van der Waals surface area contributed by atoms with Crippen molar-refractivity contribution in [2.45, 2.75) is 31.3 Å². The van der Waals surface area contributed by atoms with E-state index in [1.54, 1.807) is 0 Å². The molecule has 96 valence electrons. The Morgan fingerprint density at radius 1 is 1.35 bits per heavy atom. The molecule has 6 nitrogen and oxygen atoms in total. The van der Waals surface area contributed by atoms with E-state index < -0.39 is 5.97 Å². The SMILES string of the molecule is O=C(O)C1CCC(NC(=O)C2COCCN2)C1. The smallest absolute Gasteiger partial charge is 0.306 e. The fraction of sp³-hybridized carbons (Fsp3) is 0.818. The van der Waals surface area contributed by atoms with Crippen LogP contribution in [0.3, 0.4) is 0 Å². The van der Waals surface area contributed by atoms with Crippen LogP contribution >= 0.6 is 0 Å². The molecule has 1 saturated carbocycles. The Balaban J connectivity index is 1.77. The maximum atomic E-state index is 11.8. The highest BCUT2D eigenvalue weighted by molar-refractivity contribution is 5.82. The first kappa shape index (κ1) is 12.3. The molecule has 0 aromatic carbocycles. The third-order valence-electron chi connectivity index (χ3n) is 3.37. The molecule has 0 bridgehead atoms. The summed E-state index contributed by atoms with van der Waals surface area (Å²) in [5.41, 5.74) is 0. The minimum atomic E-state index is -0.763. The van der Waals surface area contributed by atoms with E-state index in [1.165, 1.54) is 0 Å². The number of hydrogen-bond acceptors (Lipinski definition) is 4. The molecular formula is C11H18N2O4. The number of aliphatic carboxylic acids is 1. The van der Waals surface area contributed by atoms with E-state index in [2.05, 4.69) is 10.6 Å². The summed E-state index contributed by atoms with van der Waals surface area (Å²) in [6, 6.07) is -0.306. The number of ether oxygens (including phenoxy) is 1. The largest absolute Gasteiger partial charge is 0.481 e. The lowest BCUT2D eigenvalue weighted by molar-refractivity contribution is -0.141. The molecule has 2 fully saturated rings. The molecule has 0 spiro atoms. The van der Waals surface area contributed by atoms with Crippen LogP contribution in [0, 0.1) is 5.92 Å². The Kier molecular flexibility index (Phi) is 3.96. The molecule has 3 atom stereocenters. The Morgan fingerprint density at radius 3 is 2.76 bits per heavy atom. The van der Waals surface area contributed by atoms with Crippen molar-refractivity contribution in [3.8, 4) is 0 Å². The number of amides is 1. The Labute approximate surface area is 99.7 Å². The van der Waals surface area contributed by atoms with Gasteiger partial charge in [0.15, 0.2) is 0 Å². The van der Waals surface area contributed by atoms with E-state index in [-0.39, 0.29) is 23.9 Å². The average Bonchev–Trinajstić information content (AvgIpc) is 2.79. The van der Waals surface area contributed by atoms with Gasteiger partial charge in [-0.2, -0.15) is 0 Å². The molecule has 3 unspecified atom stereocenters. The van der Waals surface area contributed by atoms with E-state index in [1.807, 2.05) is 0 Å². The summed E-state index contributed by atoms with van der Waals surface area (Å²) in [6.07, 6.45) is 1.93. The van der Waals surface area contributed by atoms with Crippen LogP contribution in [0.15, 0.2) is 0 Å². The van der Waals surface area contributed by atoms with Gasteiger partial charge in [0.2, 0.25) is 5.91 Å². The van der Waals surface area contributed by atoms with Gasteiger partial charge in [-0.15, -0.1) is 0 Å². The normalized spacial score (nSPS) is 33.3. The second-order valence-corrected chi connectivity index (χ2v) is 4.64. The molecule has 2 aliphatic rings. The van der Waals surface area contributed by atoms with Gasteiger partial charge >= 0.3 is 5.97 Å². The Morgan fingerprint density at radius 2 is 2.18 bits per heavy atom. The second kappa shape index (κ2) is 5.46. The van der Waals surface area contributed by atoms with E-state index in [0.29, 0.717) is 32.6 Å². The minimum absolute atomic E-state index is 0.00711. The predicted octanol–water partition coefficient (Wildman–Crippen LogP) is -0.656. The summed E-state index contributed by atoms with van der Waals surface area (Å²) < 4.78 is 5.21. The van der Waals surface area contributed by atoms with Crippen LogP contribution in [0.25, 0.3) is 0 Å². The summed E-state index contributed by atoms with van der Waals surface area (Å²) in [6.45, 7) is 1.70. The lowest BCUT2D eigenvalue weighted by Gasteiger charge is -2.24. The molecule has 2 rings (SSSR count). The van der Waals surface area contributed by atoms with Gasteiger partial charge in [-0.3, -0.25) is 9.59 Å². The van der Waals surface area contributed by atoms with Gasteiger partial charge in [0.05, 0.1) is 19.1 Å². The van der Waals surface area contributed by atoms with Crippen molar-refractivity contribution < 1.29 is 19.4 Å². The van der Waals surface area contributed by atoms with E-state index in [0.717, 1.165) is 6.42 Å².